The second kappa shape index (κ2) is 11.2. The predicted octanol–water partition coefficient (Wildman–Crippen LogP) is 11.9. The molecule has 0 radical (unpaired) electrons. The van der Waals surface area contributed by atoms with Gasteiger partial charge < -0.3 is 4.90 Å². The van der Waals surface area contributed by atoms with Gasteiger partial charge in [-0.3, -0.25) is 0 Å². The van der Waals surface area contributed by atoms with Crippen LogP contribution in [-0.2, 0) is 5.41 Å². The van der Waals surface area contributed by atoms with E-state index in [9.17, 15) is 0 Å². The van der Waals surface area contributed by atoms with Crippen LogP contribution in [0.25, 0.3) is 17.2 Å². The van der Waals surface area contributed by atoms with Crippen LogP contribution in [0, 0.1) is 5.92 Å². The van der Waals surface area contributed by atoms with Crippen LogP contribution in [0.1, 0.15) is 92.7 Å². The Morgan fingerprint density at radius 2 is 1.76 bits per heavy atom. The summed E-state index contributed by atoms with van der Waals surface area (Å²) in [5, 5.41) is 1.46. The molecule has 1 aliphatic heterocycles. The topological polar surface area (TPSA) is 3.24 Å². The first-order chi connectivity index (χ1) is 22.5. The first-order valence-electron chi connectivity index (χ1n) is 17.5. The minimum atomic E-state index is 0.0441. The molecule has 230 valence electrons. The van der Waals surface area contributed by atoms with Gasteiger partial charge in [-0.2, -0.15) is 11.8 Å². The summed E-state index contributed by atoms with van der Waals surface area (Å²) in [7, 11) is 0. The molecule has 9 rings (SSSR count). The summed E-state index contributed by atoms with van der Waals surface area (Å²) in [5.74, 6) is 0.608. The van der Waals surface area contributed by atoms with Crippen molar-refractivity contribution in [1.29, 1.82) is 0 Å². The number of hydrogen-bond acceptors (Lipinski definition) is 2. The summed E-state index contributed by atoms with van der Waals surface area (Å²) in [4.78, 5) is 2.64. The number of fused-ring (bicyclic) bond motifs is 7. The first kappa shape index (κ1) is 28.5. The minimum Gasteiger partial charge on any atom is -0.334 e. The molecule has 0 saturated carbocycles. The fourth-order valence-corrected chi connectivity index (χ4v) is 10.8. The zero-order valence-corrected chi connectivity index (χ0v) is 27.9. The van der Waals surface area contributed by atoms with Crippen molar-refractivity contribution < 1.29 is 0 Å². The Labute approximate surface area is 279 Å². The smallest absolute Gasteiger partial charge is 0.0631 e. The molecule has 2 bridgehead atoms. The van der Waals surface area contributed by atoms with E-state index in [4.69, 9.17) is 0 Å². The zero-order chi connectivity index (χ0) is 30.8. The van der Waals surface area contributed by atoms with Crippen molar-refractivity contribution in [3.05, 3.63) is 148 Å². The molecule has 0 amide bonds. The van der Waals surface area contributed by atoms with Crippen molar-refractivity contribution in [3.8, 4) is 0 Å². The van der Waals surface area contributed by atoms with Crippen molar-refractivity contribution >= 4 is 40.4 Å². The molecular formula is C44H43NS. The van der Waals surface area contributed by atoms with Crippen LogP contribution in [0.5, 0.6) is 0 Å². The maximum Gasteiger partial charge on any atom is 0.0631 e. The van der Waals surface area contributed by atoms with Crippen LogP contribution < -0.4 is 4.90 Å². The third kappa shape index (κ3) is 4.67. The predicted molar refractivity (Wildman–Crippen MR) is 199 cm³/mol. The normalized spacial score (nSPS) is 26.7. The highest BCUT2D eigenvalue weighted by atomic mass is 32.2. The molecule has 46 heavy (non-hydrogen) atoms. The molecule has 0 spiro atoms. The third-order valence-electron chi connectivity index (χ3n) is 11.5. The molecular weight excluding hydrogens is 575 g/mol. The van der Waals surface area contributed by atoms with E-state index < -0.39 is 0 Å². The van der Waals surface area contributed by atoms with E-state index in [1.54, 1.807) is 11.1 Å². The second-order valence-corrected chi connectivity index (χ2v) is 16.0. The standard InChI is InChI=1S/C44H43NS/c1-44(2)40-19-8-7-18-37(40)38-23-22-34(28-41(38)44)45(42-20-10-13-29-11-4-6-17-36(29)42)33-15-9-14-30(25-33)31-21-24-43-39(27-31)32-12-3-5-16-35(26-32)46-43/h3-4,6-7,9-15,17-18,21-23,25,27-28,32,35,42-43H,5,8,16,19-20,24,26H2,1-2H3. The van der Waals surface area contributed by atoms with E-state index in [0.29, 0.717) is 11.2 Å². The lowest BCUT2D eigenvalue weighted by atomic mass is 9.78. The van der Waals surface area contributed by atoms with Crippen molar-refractivity contribution in [3.63, 3.8) is 0 Å². The van der Waals surface area contributed by atoms with Crippen molar-refractivity contribution in [2.75, 3.05) is 4.90 Å². The molecule has 6 aliphatic rings. The van der Waals surface area contributed by atoms with Gasteiger partial charge in [-0.05, 0) is 114 Å². The number of rotatable bonds is 4. The van der Waals surface area contributed by atoms with Gasteiger partial charge in [0.05, 0.1) is 6.04 Å². The van der Waals surface area contributed by atoms with E-state index in [0.717, 1.165) is 30.9 Å². The Kier molecular flexibility index (Phi) is 6.93. The molecule has 1 fully saturated rings. The van der Waals surface area contributed by atoms with E-state index >= 15 is 0 Å². The Bertz CT molecular complexity index is 1910. The van der Waals surface area contributed by atoms with Gasteiger partial charge in [0.1, 0.15) is 0 Å². The largest absolute Gasteiger partial charge is 0.334 e. The summed E-state index contributed by atoms with van der Waals surface area (Å²) in [6.45, 7) is 4.87. The highest BCUT2D eigenvalue weighted by Gasteiger charge is 2.39. The maximum absolute atomic E-state index is 2.64. The van der Waals surface area contributed by atoms with Gasteiger partial charge in [-0.15, -0.1) is 0 Å². The number of hydrogen-bond donors (Lipinski definition) is 0. The number of benzene rings is 3. The summed E-state index contributed by atoms with van der Waals surface area (Å²) in [5.41, 5.74) is 15.7. The van der Waals surface area contributed by atoms with Gasteiger partial charge in [0.2, 0.25) is 0 Å². The van der Waals surface area contributed by atoms with Crippen LogP contribution in [-0.4, -0.2) is 10.5 Å². The Morgan fingerprint density at radius 3 is 2.72 bits per heavy atom. The molecule has 4 unspecified atom stereocenters. The lowest BCUT2D eigenvalue weighted by Crippen LogP contribution is -2.27. The van der Waals surface area contributed by atoms with Gasteiger partial charge in [0.15, 0.2) is 0 Å². The van der Waals surface area contributed by atoms with Gasteiger partial charge in [-0.25, -0.2) is 0 Å². The average Bonchev–Trinajstić information content (AvgIpc) is 3.19. The van der Waals surface area contributed by atoms with Crippen LogP contribution in [0.4, 0.5) is 11.4 Å². The van der Waals surface area contributed by atoms with Gasteiger partial charge in [0, 0.05) is 33.2 Å². The molecule has 1 nitrogen and oxygen atoms in total. The third-order valence-corrected chi connectivity index (χ3v) is 13.1. The minimum absolute atomic E-state index is 0.0441. The summed E-state index contributed by atoms with van der Waals surface area (Å²) >= 11 is 2.24. The number of allylic oxidation sites excluding steroid dienone is 9. The summed E-state index contributed by atoms with van der Waals surface area (Å²) in [6, 6.07) is 26.0. The van der Waals surface area contributed by atoms with E-state index in [1.165, 1.54) is 69.6 Å². The van der Waals surface area contributed by atoms with Crippen LogP contribution in [0.15, 0.2) is 120 Å². The van der Waals surface area contributed by atoms with Crippen molar-refractivity contribution in [2.45, 2.75) is 80.7 Å². The monoisotopic (exact) mass is 617 g/mol. The summed E-state index contributed by atoms with van der Waals surface area (Å²) in [6.07, 6.45) is 27.8. The zero-order valence-electron chi connectivity index (χ0n) is 27.1. The van der Waals surface area contributed by atoms with Crippen molar-refractivity contribution in [1.82, 2.24) is 0 Å². The fraction of sp³-hybridized carbons (Fsp3) is 0.318. The Hall–Kier alpha value is -3.75. The fourth-order valence-electron chi connectivity index (χ4n) is 9.18. The highest BCUT2D eigenvalue weighted by Crippen LogP contribution is 2.53. The molecule has 4 atom stereocenters. The average molecular weight is 618 g/mol. The lowest BCUT2D eigenvalue weighted by Gasteiger charge is -2.38. The Balaban J connectivity index is 1.14. The molecule has 1 saturated heterocycles. The summed E-state index contributed by atoms with van der Waals surface area (Å²) < 4.78 is 0. The lowest BCUT2D eigenvalue weighted by molar-refractivity contribution is 0.595. The van der Waals surface area contributed by atoms with Gasteiger partial charge in [0.25, 0.3) is 0 Å². The van der Waals surface area contributed by atoms with Crippen LogP contribution >= 0.6 is 11.8 Å². The number of thioether (sulfide) groups is 1. The van der Waals surface area contributed by atoms with Gasteiger partial charge in [-0.1, -0.05) is 110 Å². The van der Waals surface area contributed by atoms with Crippen molar-refractivity contribution in [2.24, 2.45) is 5.92 Å². The van der Waals surface area contributed by atoms with Gasteiger partial charge >= 0.3 is 0 Å². The Morgan fingerprint density at radius 1 is 0.848 bits per heavy atom. The highest BCUT2D eigenvalue weighted by molar-refractivity contribution is 8.00. The molecule has 2 heteroatoms. The molecule has 3 aromatic carbocycles. The first-order valence-corrected chi connectivity index (χ1v) is 18.4. The SMILES string of the molecule is CC1(C)C2=C(C=CCC2)c2ccc(N(c3cccc(C4=CCC5SC6CCC=CC(C6)C5=C4)c3)C3CC=Cc4ccccc43)cc21. The van der Waals surface area contributed by atoms with Crippen LogP contribution in [0.2, 0.25) is 0 Å². The number of anilines is 2. The van der Waals surface area contributed by atoms with E-state index in [1.807, 2.05) is 0 Å². The van der Waals surface area contributed by atoms with E-state index in [2.05, 4.69) is 146 Å². The van der Waals surface area contributed by atoms with E-state index in [-0.39, 0.29) is 11.5 Å². The molecule has 0 aromatic heterocycles. The molecule has 5 aliphatic carbocycles. The molecule has 0 N–H and O–H groups in total. The maximum atomic E-state index is 2.64. The van der Waals surface area contributed by atoms with Crippen LogP contribution in [0.3, 0.4) is 0 Å². The second-order valence-electron chi connectivity index (χ2n) is 14.5. The molecule has 3 aromatic rings. The molecule has 1 heterocycles. The number of nitrogens with zero attached hydrogens (tertiary/aromatic N) is 1. The quantitative estimate of drug-likeness (QED) is 0.268.